The molecule has 2 aromatic rings. The fraction of sp³-hybridized carbons (Fsp3) is 0.200. The van der Waals surface area contributed by atoms with Gasteiger partial charge < -0.3 is 4.74 Å². The minimum atomic E-state index is -0.261. The molecule has 1 atom stereocenters. The molecule has 2 rings (SSSR count). The molecule has 3 N–H and O–H groups in total. The molecule has 0 aliphatic carbocycles. The van der Waals surface area contributed by atoms with Crippen LogP contribution in [0.1, 0.15) is 5.56 Å². The van der Waals surface area contributed by atoms with Crippen LogP contribution in [0.25, 0.3) is 0 Å². The second kappa shape index (κ2) is 7.38. The third-order valence-corrected chi connectivity index (χ3v) is 3.68. The van der Waals surface area contributed by atoms with E-state index in [2.05, 4.69) is 21.4 Å². The van der Waals surface area contributed by atoms with Crippen molar-refractivity contribution in [3.8, 4) is 5.75 Å². The average Bonchev–Trinajstić information content (AvgIpc) is 2.48. The van der Waals surface area contributed by atoms with Crippen molar-refractivity contribution >= 4 is 15.9 Å². The zero-order valence-electron chi connectivity index (χ0n) is 10.9. The Labute approximate surface area is 126 Å². The van der Waals surface area contributed by atoms with Crippen LogP contribution in [0.15, 0.2) is 53.0 Å². The van der Waals surface area contributed by atoms with Gasteiger partial charge in [0, 0.05) is 4.47 Å². The van der Waals surface area contributed by atoms with Gasteiger partial charge in [-0.3, -0.25) is 11.3 Å². The fourth-order valence-corrected chi connectivity index (χ4v) is 2.25. The number of halogens is 2. The number of nitrogens with one attached hydrogen (secondary N) is 1. The van der Waals surface area contributed by atoms with E-state index in [1.807, 2.05) is 30.3 Å². The standard InChI is InChI=1S/C15H16BrFN2O/c16-15-7-6-12(17)8-11(15)9-13(19-18)10-20-14-4-2-1-3-5-14/h1-8,13,19H,9-10,18H2. The summed E-state index contributed by atoms with van der Waals surface area (Å²) in [4.78, 5) is 0. The van der Waals surface area contributed by atoms with Crippen LogP contribution in [-0.2, 0) is 6.42 Å². The first-order valence-electron chi connectivity index (χ1n) is 6.27. The first-order valence-corrected chi connectivity index (χ1v) is 7.06. The second-order valence-corrected chi connectivity index (χ2v) is 5.28. The van der Waals surface area contributed by atoms with Crippen LogP contribution in [0.3, 0.4) is 0 Å². The van der Waals surface area contributed by atoms with Gasteiger partial charge in [-0.15, -0.1) is 0 Å². The Kier molecular flexibility index (Phi) is 5.52. The van der Waals surface area contributed by atoms with E-state index < -0.39 is 0 Å². The van der Waals surface area contributed by atoms with Crippen LogP contribution in [0.4, 0.5) is 4.39 Å². The van der Waals surface area contributed by atoms with Gasteiger partial charge in [-0.05, 0) is 42.3 Å². The average molecular weight is 339 g/mol. The number of ether oxygens (including phenoxy) is 1. The lowest BCUT2D eigenvalue weighted by Crippen LogP contribution is -2.41. The van der Waals surface area contributed by atoms with E-state index in [0.29, 0.717) is 13.0 Å². The Morgan fingerprint density at radius 2 is 1.95 bits per heavy atom. The summed E-state index contributed by atoms with van der Waals surface area (Å²) in [6.45, 7) is 0.406. The number of hydrogen-bond acceptors (Lipinski definition) is 3. The van der Waals surface area contributed by atoms with Gasteiger partial charge in [0.15, 0.2) is 0 Å². The smallest absolute Gasteiger partial charge is 0.123 e. The normalized spacial score (nSPS) is 12.2. The molecular weight excluding hydrogens is 323 g/mol. The second-order valence-electron chi connectivity index (χ2n) is 4.43. The monoisotopic (exact) mass is 338 g/mol. The molecule has 1 unspecified atom stereocenters. The van der Waals surface area contributed by atoms with Crippen molar-refractivity contribution < 1.29 is 9.13 Å². The van der Waals surface area contributed by atoms with Crippen LogP contribution in [-0.4, -0.2) is 12.6 Å². The van der Waals surface area contributed by atoms with Crippen LogP contribution < -0.4 is 16.0 Å². The number of para-hydroxylation sites is 1. The van der Waals surface area contributed by atoms with Gasteiger partial charge >= 0.3 is 0 Å². The highest BCUT2D eigenvalue weighted by Gasteiger charge is 2.12. The number of benzene rings is 2. The predicted molar refractivity (Wildman–Crippen MR) is 80.9 cm³/mol. The lowest BCUT2D eigenvalue weighted by atomic mass is 10.1. The highest BCUT2D eigenvalue weighted by atomic mass is 79.9. The summed E-state index contributed by atoms with van der Waals surface area (Å²) in [7, 11) is 0. The molecule has 106 valence electrons. The van der Waals surface area contributed by atoms with E-state index in [1.54, 1.807) is 6.07 Å². The van der Waals surface area contributed by atoms with Crippen LogP contribution in [0, 0.1) is 5.82 Å². The van der Waals surface area contributed by atoms with Gasteiger partial charge in [-0.2, -0.15) is 0 Å². The molecule has 3 nitrogen and oxygen atoms in total. The van der Waals surface area contributed by atoms with E-state index in [1.165, 1.54) is 12.1 Å². The molecule has 0 aliphatic rings. The largest absolute Gasteiger partial charge is 0.492 e. The molecule has 0 radical (unpaired) electrons. The molecule has 0 saturated carbocycles. The van der Waals surface area contributed by atoms with Gasteiger partial charge in [0.1, 0.15) is 18.2 Å². The Balaban J connectivity index is 1.97. The Hall–Kier alpha value is -1.43. The number of nitrogens with two attached hydrogens (primary N) is 1. The predicted octanol–water partition coefficient (Wildman–Crippen LogP) is 3.04. The molecule has 0 spiro atoms. The Bertz CT molecular complexity index is 551. The molecule has 0 aromatic heterocycles. The van der Waals surface area contributed by atoms with Crippen molar-refractivity contribution in [1.29, 1.82) is 0 Å². The number of hydrogen-bond donors (Lipinski definition) is 2. The molecule has 0 saturated heterocycles. The van der Waals surface area contributed by atoms with Gasteiger partial charge in [0.25, 0.3) is 0 Å². The minimum Gasteiger partial charge on any atom is -0.492 e. The Morgan fingerprint density at radius 1 is 1.20 bits per heavy atom. The van der Waals surface area contributed by atoms with Crippen molar-refractivity contribution in [3.63, 3.8) is 0 Å². The molecule has 5 heteroatoms. The SMILES string of the molecule is NNC(COc1ccccc1)Cc1cc(F)ccc1Br. The molecule has 0 heterocycles. The van der Waals surface area contributed by atoms with Gasteiger partial charge in [0.05, 0.1) is 6.04 Å². The van der Waals surface area contributed by atoms with Crippen molar-refractivity contribution in [2.75, 3.05) is 6.61 Å². The zero-order valence-corrected chi connectivity index (χ0v) is 12.4. The van der Waals surface area contributed by atoms with Gasteiger partial charge in [-0.1, -0.05) is 34.1 Å². The number of rotatable bonds is 6. The maximum atomic E-state index is 13.2. The van der Waals surface area contributed by atoms with Crippen molar-refractivity contribution in [1.82, 2.24) is 5.43 Å². The quantitative estimate of drug-likeness (QED) is 0.628. The maximum Gasteiger partial charge on any atom is 0.123 e. The Morgan fingerprint density at radius 3 is 2.65 bits per heavy atom. The summed E-state index contributed by atoms with van der Waals surface area (Å²) in [5, 5.41) is 0. The van der Waals surface area contributed by atoms with E-state index in [9.17, 15) is 4.39 Å². The fourth-order valence-electron chi connectivity index (χ4n) is 1.84. The van der Waals surface area contributed by atoms with E-state index in [4.69, 9.17) is 10.6 Å². The maximum absolute atomic E-state index is 13.2. The van der Waals surface area contributed by atoms with Gasteiger partial charge in [0.2, 0.25) is 0 Å². The van der Waals surface area contributed by atoms with E-state index in [0.717, 1.165) is 15.8 Å². The highest BCUT2D eigenvalue weighted by molar-refractivity contribution is 9.10. The summed E-state index contributed by atoms with van der Waals surface area (Å²) in [6.07, 6.45) is 0.571. The van der Waals surface area contributed by atoms with E-state index in [-0.39, 0.29) is 11.9 Å². The molecular formula is C15H16BrFN2O. The van der Waals surface area contributed by atoms with Crippen LogP contribution in [0.2, 0.25) is 0 Å². The molecule has 0 aliphatic heterocycles. The summed E-state index contributed by atoms with van der Waals surface area (Å²) in [5.74, 6) is 6.06. The summed E-state index contributed by atoms with van der Waals surface area (Å²) < 4.78 is 19.8. The van der Waals surface area contributed by atoms with Crippen molar-refractivity contribution in [3.05, 3.63) is 64.4 Å². The lowest BCUT2D eigenvalue weighted by Gasteiger charge is -2.17. The van der Waals surface area contributed by atoms with Gasteiger partial charge in [-0.25, -0.2) is 4.39 Å². The third kappa shape index (κ3) is 4.30. The van der Waals surface area contributed by atoms with Crippen molar-refractivity contribution in [2.45, 2.75) is 12.5 Å². The van der Waals surface area contributed by atoms with Crippen molar-refractivity contribution in [2.24, 2.45) is 5.84 Å². The number of hydrazine groups is 1. The molecule has 2 aromatic carbocycles. The first-order chi connectivity index (χ1) is 9.69. The molecule has 0 bridgehead atoms. The molecule has 0 amide bonds. The van der Waals surface area contributed by atoms with Crippen LogP contribution >= 0.6 is 15.9 Å². The third-order valence-electron chi connectivity index (χ3n) is 2.90. The minimum absolute atomic E-state index is 0.103. The topological polar surface area (TPSA) is 47.3 Å². The van der Waals surface area contributed by atoms with Crippen LogP contribution in [0.5, 0.6) is 5.75 Å². The molecule has 0 fully saturated rings. The summed E-state index contributed by atoms with van der Waals surface area (Å²) >= 11 is 3.41. The van der Waals surface area contributed by atoms with E-state index >= 15 is 0 Å². The highest BCUT2D eigenvalue weighted by Crippen LogP contribution is 2.19. The zero-order chi connectivity index (χ0) is 14.4. The summed E-state index contributed by atoms with van der Waals surface area (Å²) in [6, 6.07) is 14.0. The summed E-state index contributed by atoms with van der Waals surface area (Å²) in [5.41, 5.74) is 3.55. The molecule has 20 heavy (non-hydrogen) atoms. The first kappa shape index (κ1) is 15.0. The lowest BCUT2D eigenvalue weighted by molar-refractivity contribution is 0.264.